The number of benzene rings is 2. The summed E-state index contributed by atoms with van der Waals surface area (Å²) in [6, 6.07) is 9.97. The van der Waals surface area contributed by atoms with Crippen molar-refractivity contribution in [1.29, 1.82) is 0 Å². The molecule has 1 aliphatic carbocycles. The average Bonchev–Trinajstić information content (AvgIpc) is 2.47. The molecule has 0 saturated carbocycles. The van der Waals surface area contributed by atoms with Crippen LogP contribution < -0.4 is 0 Å². The van der Waals surface area contributed by atoms with Crippen molar-refractivity contribution in [2.75, 3.05) is 0 Å². The zero-order chi connectivity index (χ0) is 13.6. The van der Waals surface area contributed by atoms with Crippen LogP contribution in [0.4, 0.5) is 0 Å². The highest BCUT2D eigenvalue weighted by Gasteiger charge is 2.29. The van der Waals surface area contributed by atoms with E-state index >= 15 is 0 Å². The molecule has 1 aliphatic rings. The fraction of sp³-hybridized carbons (Fsp3) is 0.353. The van der Waals surface area contributed by atoms with Crippen molar-refractivity contribution in [2.24, 2.45) is 5.41 Å². The fourth-order valence-corrected chi connectivity index (χ4v) is 3.26. The molecule has 2 aromatic carbocycles. The van der Waals surface area contributed by atoms with Gasteiger partial charge < -0.3 is 0 Å². The predicted molar refractivity (Wildman–Crippen MR) is 80.0 cm³/mol. The maximum Gasteiger partial charge on any atom is 0.163 e. The number of rotatable bonds is 0. The van der Waals surface area contributed by atoms with Crippen molar-refractivity contribution in [2.45, 2.75) is 33.1 Å². The molecule has 0 bridgehead atoms. The van der Waals surface area contributed by atoms with E-state index in [4.69, 9.17) is 11.6 Å². The second-order valence-electron chi connectivity index (χ2n) is 6.19. The molecule has 0 amide bonds. The lowest BCUT2D eigenvalue weighted by Crippen LogP contribution is -2.14. The van der Waals surface area contributed by atoms with E-state index in [9.17, 15) is 4.79 Å². The lowest BCUT2D eigenvalue weighted by atomic mass is 9.84. The molecule has 2 aromatic rings. The summed E-state index contributed by atoms with van der Waals surface area (Å²) in [6.45, 7) is 4.33. The number of aryl methyl sites for hydroxylation is 1. The molecule has 0 fully saturated rings. The van der Waals surface area contributed by atoms with E-state index < -0.39 is 0 Å². The van der Waals surface area contributed by atoms with Crippen molar-refractivity contribution in [1.82, 2.24) is 0 Å². The third-order valence-corrected chi connectivity index (χ3v) is 4.41. The largest absolute Gasteiger partial charge is 0.294 e. The van der Waals surface area contributed by atoms with Crippen LogP contribution in [0.5, 0.6) is 0 Å². The highest BCUT2D eigenvalue weighted by atomic mass is 35.5. The van der Waals surface area contributed by atoms with Gasteiger partial charge in [0.2, 0.25) is 0 Å². The Morgan fingerprint density at radius 3 is 2.58 bits per heavy atom. The number of hydrogen-bond acceptors (Lipinski definition) is 1. The molecule has 0 radical (unpaired) electrons. The number of hydrogen-bond donors (Lipinski definition) is 0. The maximum absolute atomic E-state index is 12.5. The Bertz CT molecular complexity index is 670. The van der Waals surface area contributed by atoms with Crippen LogP contribution in [0, 0.1) is 5.41 Å². The van der Waals surface area contributed by atoms with Gasteiger partial charge >= 0.3 is 0 Å². The molecule has 0 N–H and O–H groups in total. The lowest BCUT2D eigenvalue weighted by Gasteiger charge is -2.20. The minimum absolute atomic E-state index is 0.0731. The summed E-state index contributed by atoms with van der Waals surface area (Å²) in [5.41, 5.74) is 2.08. The normalized spacial score (nSPS) is 18.2. The van der Waals surface area contributed by atoms with E-state index in [1.807, 2.05) is 24.3 Å². The van der Waals surface area contributed by atoms with E-state index in [0.717, 1.165) is 29.2 Å². The zero-order valence-electron chi connectivity index (χ0n) is 11.3. The van der Waals surface area contributed by atoms with Gasteiger partial charge in [0.25, 0.3) is 0 Å². The highest BCUT2D eigenvalue weighted by molar-refractivity contribution is 6.36. The summed E-state index contributed by atoms with van der Waals surface area (Å²) in [5, 5.41) is 2.87. The predicted octanol–water partition coefficient (Wildman–Crippen LogP) is 5.04. The number of Topliss-reactive ketones (excluding diaryl/α,β-unsaturated/α-hetero) is 1. The van der Waals surface area contributed by atoms with Gasteiger partial charge in [-0.2, -0.15) is 0 Å². The summed E-state index contributed by atoms with van der Waals surface area (Å²) < 4.78 is 0. The Morgan fingerprint density at radius 1 is 1.16 bits per heavy atom. The van der Waals surface area contributed by atoms with Crippen LogP contribution in [0.1, 0.15) is 42.6 Å². The van der Waals surface area contributed by atoms with Gasteiger partial charge in [0, 0.05) is 22.4 Å². The number of halogens is 1. The first-order valence-electron chi connectivity index (χ1n) is 6.71. The van der Waals surface area contributed by atoms with Crippen LogP contribution in [0.15, 0.2) is 30.3 Å². The fourth-order valence-electron chi connectivity index (χ4n) is 2.99. The molecule has 98 valence electrons. The molecule has 0 atom stereocenters. The second-order valence-corrected chi connectivity index (χ2v) is 6.60. The standard InChI is InChI=1S/C17H17ClO/c1-17(2)8-7-12-11-5-3-4-6-13(11)15(18)9-14(12)16(19)10-17/h3-6,9H,7-8,10H2,1-2H3. The maximum atomic E-state index is 12.5. The Kier molecular flexibility index (Phi) is 2.90. The number of ketones is 1. The molecule has 3 rings (SSSR count). The Labute approximate surface area is 118 Å². The van der Waals surface area contributed by atoms with Crippen LogP contribution in [0.2, 0.25) is 5.02 Å². The topological polar surface area (TPSA) is 17.1 Å². The monoisotopic (exact) mass is 272 g/mol. The van der Waals surface area contributed by atoms with Gasteiger partial charge in [0.1, 0.15) is 0 Å². The molecule has 0 aromatic heterocycles. The summed E-state index contributed by atoms with van der Waals surface area (Å²) >= 11 is 6.33. The minimum Gasteiger partial charge on any atom is -0.294 e. The van der Waals surface area contributed by atoms with Crippen molar-refractivity contribution < 1.29 is 4.79 Å². The van der Waals surface area contributed by atoms with Crippen LogP contribution in [0.25, 0.3) is 10.8 Å². The summed E-state index contributed by atoms with van der Waals surface area (Å²) in [5.74, 6) is 0.227. The number of carbonyl (C=O) groups excluding carboxylic acids is 1. The minimum atomic E-state index is 0.0731. The summed E-state index contributed by atoms with van der Waals surface area (Å²) in [6.07, 6.45) is 2.60. The molecule has 0 heterocycles. The van der Waals surface area contributed by atoms with Gasteiger partial charge in [-0.1, -0.05) is 49.7 Å². The number of carbonyl (C=O) groups is 1. The van der Waals surface area contributed by atoms with Gasteiger partial charge in [0.15, 0.2) is 5.78 Å². The number of fused-ring (bicyclic) bond motifs is 3. The van der Waals surface area contributed by atoms with Crippen molar-refractivity contribution in [3.63, 3.8) is 0 Å². The summed E-state index contributed by atoms with van der Waals surface area (Å²) in [4.78, 5) is 12.5. The molecular formula is C17H17ClO. The van der Waals surface area contributed by atoms with Gasteiger partial charge in [-0.3, -0.25) is 4.79 Å². The third-order valence-electron chi connectivity index (χ3n) is 4.10. The molecule has 0 spiro atoms. The van der Waals surface area contributed by atoms with Gasteiger partial charge in [-0.25, -0.2) is 0 Å². The Balaban J connectivity index is 2.29. The Hall–Kier alpha value is -1.34. The molecule has 19 heavy (non-hydrogen) atoms. The lowest BCUT2D eigenvalue weighted by molar-refractivity contribution is 0.0934. The van der Waals surface area contributed by atoms with E-state index in [0.29, 0.717) is 11.4 Å². The van der Waals surface area contributed by atoms with Gasteiger partial charge in [0.05, 0.1) is 0 Å². The van der Waals surface area contributed by atoms with Crippen molar-refractivity contribution in [3.8, 4) is 0 Å². The summed E-state index contributed by atoms with van der Waals surface area (Å²) in [7, 11) is 0. The highest BCUT2D eigenvalue weighted by Crippen LogP contribution is 2.38. The average molecular weight is 273 g/mol. The smallest absolute Gasteiger partial charge is 0.163 e. The van der Waals surface area contributed by atoms with Crippen LogP contribution in [-0.2, 0) is 6.42 Å². The molecular weight excluding hydrogens is 256 g/mol. The molecule has 0 unspecified atom stereocenters. The van der Waals surface area contributed by atoms with Crippen LogP contribution in [-0.4, -0.2) is 5.78 Å². The molecule has 0 aliphatic heterocycles. The van der Waals surface area contributed by atoms with E-state index in [-0.39, 0.29) is 11.2 Å². The molecule has 2 heteroatoms. The van der Waals surface area contributed by atoms with Crippen LogP contribution in [0.3, 0.4) is 0 Å². The third kappa shape index (κ3) is 2.17. The van der Waals surface area contributed by atoms with Gasteiger partial charge in [-0.15, -0.1) is 0 Å². The van der Waals surface area contributed by atoms with E-state index in [1.165, 1.54) is 5.56 Å². The van der Waals surface area contributed by atoms with Gasteiger partial charge in [-0.05, 0) is 35.3 Å². The zero-order valence-corrected chi connectivity index (χ0v) is 12.1. The molecule has 1 nitrogen and oxygen atoms in total. The van der Waals surface area contributed by atoms with E-state index in [2.05, 4.69) is 19.9 Å². The first-order chi connectivity index (χ1) is 8.98. The Morgan fingerprint density at radius 2 is 1.84 bits per heavy atom. The van der Waals surface area contributed by atoms with E-state index in [1.54, 1.807) is 0 Å². The quantitative estimate of drug-likeness (QED) is 0.614. The van der Waals surface area contributed by atoms with Crippen molar-refractivity contribution >= 4 is 28.2 Å². The first-order valence-corrected chi connectivity index (χ1v) is 7.09. The first kappa shape index (κ1) is 12.7. The van der Waals surface area contributed by atoms with Crippen LogP contribution >= 0.6 is 11.6 Å². The molecule has 0 saturated heterocycles. The second kappa shape index (κ2) is 4.35. The van der Waals surface area contributed by atoms with Crippen molar-refractivity contribution in [3.05, 3.63) is 46.5 Å². The SMILES string of the molecule is CC1(C)CCc2c(cc(Cl)c3ccccc23)C(=O)C1.